The number of alkyl carbamates (subject to hydrolysis) is 1. The summed E-state index contributed by atoms with van der Waals surface area (Å²) >= 11 is 0. The number of pyridine rings is 1. The quantitative estimate of drug-likeness (QED) is 0.903. The third-order valence-corrected chi connectivity index (χ3v) is 2.50. The van der Waals surface area contributed by atoms with Crippen molar-refractivity contribution < 1.29 is 9.53 Å². The SMILES string of the molecule is Cn1ccc2nc(CNC(=O)OC(C)(C)C)cc-2c1. The van der Waals surface area contributed by atoms with Gasteiger partial charge in [-0.05, 0) is 32.9 Å². The Hall–Kier alpha value is -2.04. The Morgan fingerprint density at radius 3 is 2.89 bits per heavy atom. The molecular formula is C14H19N3O2. The molecule has 0 aromatic heterocycles. The minimum atomic E-state index is -0.484. The van der Waals surface area contributed by atoms with Gasteiger partial charge in [0.2, 0.25) is 0 Å². The molecule has 1 N–H and O–H groups in total. The fraction of sp³-hybridized carbons (Fsp3) is 0.429. The highest BCUT2D eigenvalue weighted by molar-refractivity contribution is 5.68. The first-order valence-corrected chi connectivity index (χ1v) is 6.22. The Bertz CT molecular complexity index is 554. The molecule has 5 heteroatoms. The fourth-order valence-electron chi connectivity index (χ4n) is 1.76. The van der Waals surface area contributed by atoms with Gasteiger partial charge in [-0.3, -0.25) is 4.98 Å². The van der Waals surface area contributed by atoms with Crippen molar-refractivity contribution in [2.75, 3.05) is 0 Å². The third-order valence-electron chi connectivity index (χ3n) is 2.50. The van der Waals surface area contributed by atoms with Crippen molar-refractivity contribution in [1.29, 1.82) is 0 Å². The van der Waals surface area contributed by atoms with E-state index in [9.17, 15) is 4.79 Å². The van der Waals surface area contributed by atoms with Crippen LogP contribution >= 0.6 is 0 Å². The molecule has 2 aliphatic rings. The summed E-state index contributed by atoms with van der Waals surface area (Å²) in [5, 5.41) is 2.70. The average Bonchev–Trinajstić information content (AvgIpc) is 2.66. The lowest BCUT2D eigenvalue weighted by atomic mass is 10.2. The minimum absolute atomic E-state index is 0.368. The zero-order chi connectivity index (χ0) is 14.0. The number of nitrogens with one attached hydrogen (secondary N) is 1. The van der Waals surface area contributed by atoms with Crippen molar-refractivity contribution in [3.05, 3.63) is 30.2 Å². The number of rotatable bonds is 2. The number of hydrogen-bond donors (Lipinski definition) is 1. The molecule has 0 radical (unpaired) electrons. The van der Waals surface area contributed by atoms with Crippen LogP contribution in [0.25, 0.3) is 11.3 Å². The van der Waals surface area contributed by atoms with Crippen molar-refractivity contribution in [3.8, 4) is 11.3 Å². The fourth-order valence-corrected chi connectivity index (χ4v) is 1.76. The van der Waals surface area contributed by atoms with Crippen molar-refractivity contribution in [1.82, 2.24) is 14.9 Å². The predicted molar refractivity (Wildman–Crippen MR) is 72.9 cm³/mol. The molecule has 0 bridgehead atoms. The summed E-state index contributed by atoms with van der Waals surface area (Å²) in [7, 11) is 1.96. The smallest absolute Gasteiger partial charge is 0.407 e. The van der Waals surface area contributed by atoms with E-state index >= 15 is 0 Å². The van der Waals surface area contributed by atoms with Gasteiger partial charge in [0.25, 0.3) is 0 Å². The lowest BCUT2D eigenvalue weighted by Gasteiger charge is -2.19. The molecule has 0 aromatic carbocycles. The molecule has 19 heavy (non-hydrogen) atoms. The highest BCUT2D eigenvalue weighted by atomic mass is 16.6. The largest absolute Gasteiger partial charge is 0.444 e. The Labute approximate surface area is 112 Å². The third kappa shape index (κ3) is 3.71. The van der Waals surface area contributed by atoms with Crippen LogP contribution in [0.3, 0.4) is 0 Å². The summed E-state index contributed by atoms with van der Waals surface area (Å²) < 4.78 is 7.14. The van der Waals surface area contributed by atoms with E-state index in [1.54, 1.807) is 0 Å². The van der Waals surface area contributed by atoms with Crippen molar-refractivity contribution in [3.63, 3.8) is 0 Å². The Kier molecular flexibility index (Phi) is 3.46. The highest BCUT2D eigenvalue weighted by Gasteiger charge is 2.16. The van der Waals surface area contributed by atoms with E-state index < -0.39 is 11.7 Å². The summed E-state index contributed by atoms with van der Waals surface area (Å²) in [5.74, 6) is 0. The normalized spacial score (nSPS) is 11.6. The molecule has 102 valence electrons. The minimum Gasteiger partial charge on any atom is -0.444 e. The second-order valence-corrected chi connectivity index (χ2v) is 5.55. The molecule has 5 nitrogen and oxygen atoms in total. The first-order chi connectivity index (χ1) is 8.83. The number of nitrogens with zero attached hydrogens (tertiary/aromatic N) is 2. The maximum atomic E-state index is 11.5. The van der Waals surface area contributed by atoms with E-state index in [2.05, 4.69) is 10.3 Å². The monoisotopic (exact) mass is 261 g/mol. The lowest BCUT2D eigenvalue weighted by molar-refractivity contribution is 0.0523. The lowest BCUT2D eigenvalue weighted by Crippen LogP contribution is -2.32. The molecule has 1 amide bonds. The van der Waals surface area contributed by atoms with Gasteiger partial charge in [0.05, 0.1) is 17.9 Å². The van der Waals surface area contributed by atoms with E-state index in [1.807, 2.05) is 56.9 Å². The van der Waals surface area contributed by atoms with Crippen LogP contribution in [-0.4, -0.2) is 21.2 Å². The van der Waals surface area contributed by atoms with Crippen molar-refractivity contribution in [2.24, 2.45) is 7.05 Å². The maximum Gasteiger partial charge on any atom is 0.407 e. The van der Waals surface area contributed by atoms with E-state index in [4.69, 9.17) is 4.74 Å². The maximum absolute atomic E-state index is 11.5. The number of ether oxygens (including phenoxy) is 1. The molecule has 2 heterocycles. The van der Waals surface area contributed by atoms with Gasteiger partial charge >= 0.3 is 6.09 Å². The molecular weight excluding hydrogens is 242 g/mol. The molecule has 2 aliphatic heterocycles. The molecule has 0 spiro atoms. The number of carbonyl (C=O) groups is 1. The summed E-state index contributed by atoms with van der Waals surface area (Å²) in [5.41, 5.74) is 2.33. The highest BCUT2D eigenvalue weighted by Crippen LogP contribution is 2.21. The Balaban J connectivity index is 1.99. The van der Waals surface area contributed by atoms with Gasteiger partial charge in [-0.25, -0.2) is 4.79 Å². The van der Waals surface area contributed by atoms with Crippen LogP contribution < -0.4 is 5.32 Å². The summed E-state index contributed by atoms with van der Waals surface area (Å²) in [6.45, 7) is 5.87. The average molecular weight is 261 g/mol. The second kappa shape index (κ2) is 4.91. The first kappa shape index (κ1) is 13.4. The molecule has 2 rings (SSSR count). The van der Waals surface area contributed by atoms with E-state index in [0.717, 1.165) is 17.0 Å². The topological polar surface area (TPSA) is 56.2 Å². The molecule has 0 saturated carbocycles. The second-order valence-electron chi connectivity index (χ2n) is 5.55. The van der Waals surface area contributed by atoms with Gasteiger partial charge in [-0.15, -0.1) is 0 Å². The van der Waals surface area contributed by atoms with Crippen LogP contribution in [-0.2, 0) is 18.3 Å². The summed E-state index contributed by atoms with van der Waals surface area (Å²) in [6, 6.07) is 3.92. The predicted octanol–water partition coefficient (Wildman–Crippen LogP) is 2.55. The number of aryl methyl sites for hydroxylation is 1. The molecule has 0 saturated heterocycles. The Morgan fingerprint density at radius 2 is 2.21 bits per heavy atom. The standard InChI is InChI=1S/C14H19N3O2/c1-14(2,3)19-13(18)15-8-11-7-10-9-17(4)6-5-12(10)16-11/h5-7,9H,8H2,1-4H3,(H,15,18). The van der Waals surface area contributed by atoms with E-state index in [0.29, 0.717) is 6.54 Å². The van der Waals surface area contributed by atoms with Crippen molar-refractivity contribution in [2.45, 2.75) is 32.9 Å². The molecule has 0 fully saturated rings. The van der Waals surface area contributed by atoms with Crippen LogP contribution in [0.15, 0.2) is 24.5 Å². The zero-order valence-corrected chi connectivity index (χ0v) is 11.7. The van der Waals surface area contributed by atoms with Crippen LogP contribution in [0.4, 0.5) is 4.79 Å². The van der Waals surface area contributed by atoms with Gasteiger partial charge in [-0.2, -0.15) is 0 Å². The van der Waals surface area contributed by atoms with Crippen LogP contribution in [0, 0.1) is 0 Å². The van der Waals surface area contributed by atoms with Gasteiger partial charge in [0.15, 0.2) is 0 Å². The van der Waals surface area contributed by atoms with E-state index in [1.165, 1.54) is 0 Å². The zero-order valence-electron chi connectivity index (χ0n) is 11.7. The number of carbonyl (C=O) groups excluding carboxylic acids is 1. The number of fused-ring (bicyclic) bond motifs is 1. The molecule has 0 aromatic rings. The van der Waals surface area contributed by atoms with Gasteiger partial charge in [0.1, 0.15) is 5.60 Å². The van der Waals surface area contributed by atoms with Crippen molar-refractivity contribution >= 4 is 6.09 Å². The Morgan fingerprint density at radius 1 is 1.47 bits per heavy atom. The van der Waals surface area contributed by atoms with Crippen LogP contribution in [0.5, 0.6) is 0 Å². The molecule has 0 unspecified atom stereocenters. The van der Waals surface area contributed by atoms with E-state index in [-0.39, 0.29) is 0 Å². The first-order valence-electron chi connectivity index (χ1n) is 6.22. The van der Waals surface area contributed by atoms with Gasteiger partial charge in [0, 0.05) is 25.0 Å². The number of aromatic nitrogens is 2. The number of amides is 1. The molecule has 0 atom stereocenters. The summed E-state index contributed by atoms with van der Waals surface area (Å²) in [6.07, 6.45) is 3.52. The summed E-state index contributed by atoms with van der Waals surface area (Å²) in [4.78, 5) is 16.0. The van der Waals surface area contributed by atoms with Crippen LogP contribution in [0.1, 0.15) is 26.5 Å². The van der Waals surface area contributed by atoms with Gasteiger partial charge in [-0.1, -0.05) is 0 Å². The molecule has 0 aliphatic carbocycles. The van der Waals surface area contributed by atoms with Crippen LogP contribution in [0.2, 0.25) is 0 Å². The number of hydrogen-bond acceptors (Lipinski definition) is 3. The van der Waals surface area contributed by atoms with Gasteiger partial charge < -0.3 is 14.6 Å².